The van der Waals surface area contributed by atoms with E-state index in [2.05, 4.69) is 27.0 Å². The molecule has 0 N–H and O–H groups in total. The Hall–Kier alpha value is -1.58. The Labute approximate surface area is 211 Å². The summed E-state index contributed by atoms with van der Waals surface area (Å²) in [6.07, 6.45) is 23.1. The average molecular weight is 481 g/mol. The van der Waals surface area contributed by atoms with Crippen molar-refractivity contribution in [3.8, 4) is 0 Å². The Bertz CT molecular complexity index is 510. The van der Waals surface area contributed by atoms with Gasteiger partial charge in [0.25, 0.3) is 0 Å². The maximum absolute atomic E-state index is 11.1. The summed E-state index contributed by atoms with van der Waals surface area (Å²) in [6.45, 7) is 16.0. The van der Waals surface area contributed by atoms with Gasteiger partial charge >= 0.3 is 11.9 Å². The van der Waals surface area contributed by atoms with Crippen LogP contribution in [0.25, 0.3) is 0 Å². The van der Waals surface area contributed by atoms with Crippen molar-refractivity contribution in [3.05, 3.63) is 24.3 Å². The van der Waals surface area contributed by atoms with Crippen LogP contribution in [0.2, 0.25) is 0 Å². The van der Waals surface area contributed by atoms with Crippen LogP contribution in [0.1, 0.15) is 143 Å². The van der Waals surface area contributed by atoms with Gasteiger partial charge in [-0.1, -0.05) is 130 Å². The van der Waals surface area contributed by atoms with Crippen molar-refractivity contribution < 1.29 is 19.1 Å². The van der Waals surface area contributed by atoms with Crippen LogP contribution in [0.3, 0.4) is 0 Å². The SMILES string of the molecule is C=C(C)C(=O)OCCCCCCCC.C=C(C)C(=O)OCCCCCCCCCCCCCC. The number of hydrogen-bond acceptors (Lipinski definition) is 4. The molecule has 0 aliphatic heterocycles. The summed E-state index contributed by atoms with van der Waals surface area (Å²) in [7, 11) is 0. The number of esters is 2. The summed E-state index contributed by atoms with van der Waals surface area (Å²) >= 11 is 0. The first-order valence-corrected chi connectivity index (χ1v) is 14.0. The van der Waals surface area contributed by atoms with E-state index >= 15 is 0 Å². The summed E-state index contributed by atoms with van der Waals surface area (Å²) in [5.74, 6) is -0.522. The topological polar surface area (TPSA) is 52.6 Å². The molecule has 0 aromatic carbocycles. The molecule has 4 heteroatoms. The van der Waals surface area contributed by atoms with Crippen LogP contribution in [0, 0.1) is 0 Å². The van der Waals surface area contributed by atoms with Crippen LogP contribution in [-0.2, 0) is 19.1 Å². The number of ether oxygens (including phenoxy) is 2. The van der Waals surface area contributed by atoms with Crippen molar-refractivity contribution in [3.63, 3.8) is 0 Å². The molecular weight excluding hydrogens is 424 g/mol. The second-order valence-corrected chi connectivity index (χ2v) is 9.49. The molecule has 4 nitrogen and oxygen atoms in total. The Morgan fingerprint density at radius 1 is 0.471 bits per heavy atom. The van der Waals surface area contributed by atoms with Gasteiger partial charge in [-0.3, -0.25) is 0 Å². The first-order valence-electron chi connectivity index (χ1n) is 14.0. The van der Waals surface area contributed by atoms with Gasteiger partial charge in [0, 0.05) is 11.1 Å². The van der Waals surface area contributed by atoms with E-state index in [-0.39, 0.29) is 11.9 Å². The minimum Gasteiger partial charge on any atom is -0.462 e. The standard InChI is InChI=1S/C18H34O2.C12H22O2/c1-4-5-6-7-8-9-10-11-12-13-14-15-16-20-18(19)17(2)3;1-4-5-6-7-8-9-10-14-12(13)11(2)3/h2,4-16H2,1,3H3;2,4-10H2,1,3H3. The molecule has 0 aliphatic carbocycles. The zero-order chi connectivity index (χ0) is 25.9. The highest BCUT2D eigenvalue weighted by Crippen LogP contribution is 2.12. The van der Waals surface area contributed by atoms with Gasteiger partial charge in [-0.05, 0) is 26.7 Å². The largest absolute Gasteiger partial charge is 0.462 e. The van der Waals surface area contributed by atoms with Gasteiger partial charge in [-0.15, -0.1) is 0 Å². The molecule has 0 amide bonds. The number of rotatable bonds is 22. The summed E-state index contributed by atoms with van der Waals surface area (Å²) in [5, 5.41) is 0. The fourth-order valence-corrected chi connectivity index (χ4v) is 3.40. The first kappa shape index (κ1) is 34.6. The Morgan fingerprint density at radius 3 is 0.941 bits per heavy atom. The van der Waals surface area contributed by atoms with Gasteiger partial charge in [0.2, 0.25) is 0 Å². The normalized spacial score (nSPS) is 10.2. The molecule has 0 fully saturated rings. The number of hydrogen-bond donors (Lipinski definition) is 0. The maximum Gasteiger partial charge on any atom is 0.333 e. The van der Waals surface area contributed by atoms with Gasteiger partial charge in [-0.2, -0.15) is 0 Å². The van der Waals surface area contributed by atoms with Crippen molar-refractivity contribution in [2.24, 2.45) is 0 Å². The predicted octanol–water partition coefficient (Wildman–Crippen LogP) is 9.27. The van der Waals surface area contributed by atoms with E-state index in [1.165, 1.54) is 96.3 Å². The van der Waals surface area contributed by atoms with Crippen LogP contribution in [-0.4, -0.2) is 25.2 Å². The zero-order valence-electron chi connectivity index (χ0n) is 23.2. The predicted molar refractivity (Wildman–Crippen MR) is 146 cm³/mol. The minimum absolute atomic E-state index is 0.256. The molecular formula is C30H56O4. The molecule has 0 saturated heterocycles. The molecule has 200 valence electrons. The smallest absolute Gasteiger partial charge is 0.333 e. The van der Waals surface area contributed by atoms with Gasteiger partial charge in [-0.25, -0.2) is 9.59 Å². The highest BCUT2D eigenvalue weighted by Gasteiger charge is 2.02. The fraction of sp³-hybridized carbons (Fsp3) is 0.800. The second-order valence-electron chi connectivity index (χ2n) is 9.49. The van der Waals surface area contributed by atoms with Gasteiger partial charge in [0.15, 0.2) is 0 Å². The van der Waals surface area contributed by atoms with E-state index in [9.17, 15) is 9.59 Å². The summed E-state index contributed by atoms with van der Waals surface area (Å²) in [4.78, 5) is 22.1. The van der Waals surface area contributed by atoms with E-state index < -0.39 is 0 Å². The Morgan fingerprint density at radius 2 is 0.706 bits per heavy atom. The summed E-state index contributed by atoms with van der Waals surface area (Å²) in [6, 6.07) is 0. The molecule has 0 aromatic rings. The van der Waals surface area contributed by atoms with Crippen LogP contribution in [0.4, 0.5) is 0 Å². The lowest BCUT2D eigenvalue weighted by molar-refractivity contribution is -0.139. The van der Waals surface area contributed by atoms with Crippen molar-refractivity contribution in [2.45, 2.75) is 143 Å². The quantitative estimate of drug-likeness (QED) is 0.0880. The van der Waals surface area contributed by atoms with Crippen molar-refractivity contribution >= 4 is 11.9 Å². The molecule has 0 saturated carbocycles. The summed E-state index contributed by atoms with van der Waals surface area (Å²) < 4.78 is 10.0. The summed E-state index contributed by atoms with van der Waals surface area (Å²) in [5.41, 5.74) is 0.972. The maximum atomic E-state index is 11.1. The molecule has 0 rings (SSSR count). The first-order chi connectivity index (χ1) is 16.4. The third-order valence-corrected chi connectivity index (χ3v) is 5.66. The van der Waals surface area contributed by atoms with Crippen molar-refractivity contribution in [1.82, 2.24) is 0 Å². The van der Waals surface area contributed by atoms with E-state index in [0.717, 1.165) is 19.3 Å². The van der Waals surface area contributed by atoms with Crippen LogP contribution < -0.4 is 0 Å². The number of carbonyl (C=O) groups excluding carboxylic acids is 2. The molecule has 34 heavy (non-hydrogen) atoms. The molecule has 0 heterocycles. The van der Waals surface area contributed by atoms with Crippen LogP contribution in [0.15, 0.2) is 24.3 Å². The number of unbranched alkanes of at least 4 members (excludes halogenated alkanes) is 16. The molecule has 0 aliphatic rings. The van der Waals surface area contributed by atoms with Gasteiger partial charge in [0.1, 0.15) is 0 Å². The van der Waals surface area contributed by atoms with E-state index in [1.807, 2.05) is 0 Å². The van der Waals surface area contributed by atoms with Gasteiger partial charge < -0.3 is 9.47 Å². The highest BCUT2D eigenvalue weighted by atomic mass is 16.5. The van der Waals surface area contributed by atoms with Crippen molar-refractivity contribution in [1.29, 1.82) is 0 Å². The van der Waals surface area contributed by atoms with Crippen LogP contribution in [0.5, 0.6) is 0 Å². The van der Waals surface area contributed by atoms with Crippen molar-refractivity contribution in [2.75, 3.05) is 13.2 Å². The highest BCUT2D eigenvalue weighted by molar-refractivity contribution is 5.87. The van der Waals surface area contributed by atoms with E-state index in [0.29, 0.717) is 24.4 Å². The number of carbonyl (C=O) groups is 2. The third kappa shape index (κ3) is 28.5. The lowest BCUT2D eigenvalue weighted by Gasteiger charge is -2.04. The molecule has 0 radical (unpaired) electrons. The van der Waals surface area contributed by atoms with E-state index in [1.54, 1.807) is 13.8 Å². The molecule has 0 spiro atoms. The van der Waals surface area contributed by atoms with E-state index in [4.69, 9.17) is 9.47 Å². The Balaban J connectivity index is 0. The molecule has 0 atom stereocenters. The third-order valence-electron chi connectivity index (χ3n) is 5.66. The zero-order valence-corrected chi connectivity index (χ0v) is 23.2. The molecule has 0 unspecified atom stereocenters. The average Bonchev–Trinajstić information content (AvgIpc) is 2.81. The fourth-order valence-electron chi connectivity index (χ4n) is 3.40. The van der Waals surface area contributed by atoms with Crippen LogP contribution >= 0.6 is 0 Å². The minimum atomic E-state index is -0.265. The lowest BCUT2D eigenvalue weighted by Crippen LogP contribution is -2.05. The molecule has 0 bridgehead atoms. The monoisotopic (exact) mass is 480 g/mol. The Kier molecular flexibility index (Phi) is 28.1. The lowest BCUT2D eigenvalue weighted by atomic mass is 10.1. The van der Waals surface area contributed by atoms with Gasteiger partial charge in [0.05, 0.1) is 13.2 Å². The molecule has 0 aromatic heterocycles. The second kappa shape index (κ2) is 27.7.